The molecule has 3 nitrogen and oxygen atoms in total. The number of rotatable bonds is 6. The Kier molecular flexibility index (Phi) is 5.25. The van der Waals surface area contributed by atoms with Crippen molar-refractivity contribution in [2.75, 3.05) is 12.0 Å². The van der Waals surface area contributed by atoms with Crippen molar-refractivity contribution in [3.05, 3.63) is 24.3 Å². The molecule has 0 bridgehead atoms. The van der Waals surface area contributed by atoms with Gasteiger partial charge in [-0.05, 0) is 37.1 Å². The van der Waals surface area contributed by atoms with Crippen LogP contribution in [0.4, 0.5) is 0 Å². The fourth-order valence-corrected chi connectivity index (χ4v) is 3.26. The molecule has 0 unspecified atom stereocenters. The fraction of sp³-hybridized carbons (Fsp3) is 0.538. The third kappa shape index (κ3) is 4.30. The van der Waals surface area contributed by atoms with Crippen LogP contribution in [0, 0.1) is 0 Å². The average Bonchev–Trinajstić information content (AvgIpc) is 2.35. The number of benzene rings is 1. The van der Waals surface area contributed by atoms with Gasteiger partial charge in [0.2, 0.25) is 0 Å². The van der Waals surface area contributed by atoms with Gasteiger partial charge in [-0.1, -0.05) is 13.8 Å². The monoisotopic (exact) mass is 288 g/mol. The van der Waals surface area contributed by atoms with Gasteiger partial charge in [0, 0.05) is 16.9 Å². The van der Waals surface area contributed by atoms with E-state index in [0.717, 1.165) is 17.7 Å². The van der Waals surface area contributed by atoms with Gasteiger partial charge in [0.05, 0.1) is 10.5 Å². The zero-order valence-corrected chi connectivity index (χ0v) is 12.6. The first kappa shape index (κ1) is 15.5. The fourth-order valence-electron chi connectivity index (χ4n) is 1.45. The van der Waals surface area contributed by atoms with Gasteiger partial charge < -0.3 is 5.11 Å². The third-order valence-electron chi connectivity index (χ3n) is 3.08. The highest BCUT2D eigenvalue weighted by molar-refractivity contribution is 7.99. The summed E-state index contributed by atoms with van der Waals surface area (Å²) in [4.78, 5) is 1.30. The summed E-state index contributed by atoms with van der Waals surface area (Å²) in [6.07, 6.45) is 2.64. The highest BCUT2D eigenvalue weighted by atomic mass is 32.2. The van der Waals surface area contributed by atoms with Crippen molar-refractivity contribution in [3.63, 3.8) is 0 Å². The van der Waals surface area contributed by atoms with E-state index in [1.54, 1.807) is 36.0 Å². The first-order chi connectivity index (χ1) is 8.30. The van der Waals surface area contributed by atoms with Crippen LogP contribution in [0.1, 0.15) is 26.7 Å². The van der Waals surface area contributed by atoms with Crippen molar-refractivity contribution in [1.82, 2.24) is 0 Å². The molecule has 0 amide bonds. The van der Waals surface area contributed by atoms with Gasteiger partial charge in [0.15, 0.2) is 9.84 Å². The molecule has 0 saturated carbocycles. The minimum absolute atomic E-state index is 0.327. The highest BCUT2D eigenvalue weighted by Crippen LogP contribution is 2.27. The Morgan fingerprint density at radius 3 is 2.06 bits per heavy atom. The molecule has 0 fully saturated rings. The molecule has 0 aliphatic heterocycles. The first-order valence-corrected chi connectivity index (χ1v) is 8.84. The van der Waals surface area contributed by atoms with Crippen LogP contribution >= 0.6 is 11.8 Å². The predicted octanol–water partition coefficient (Wildman–Crippen LogP) is 2.73. The number of hydrogen-bond donors (Lipinski definition) is 1. The number of hydrogen-bond acceptors (Lipinski definition) is 4. The summed E-state index contributed by atoms with van der Waals surface area (Å²) in [6, 6.07) is 6.78. The molecule has 0 spiro atoms. The van der Waals surface area contributed by atoms with E-state index >= 15 is 0 Å². The van der Waals surface area contributed by atoms with E-state index in [-0.39, 0.29) is 0 Å². The normalized spacial score (nSPS) is 12.7. The molecule has 1 N–H and O–H groups in total. The van der Waals surface area contributed by atoms with Gasteiger partial charge in [0.1, 0.15) is 0 Å². The van der Waals surface area contributed by atoms with E-state index in [9.17, 15) is 13.5 Å². The number of thioether (sulfide) groups is 1. The molecule has 0 aliphatic carbocycles. The molecule has 0 heterocycles. The second-order valence-electron chi connectivity index (χ2n) is 4.46. The van der Waals surface area contributed by atoms with Crippen LogP contribution in [-0.2, 0) is 9.84 Å². The summed E-state index contributed by atoms with van der Waals surface area (Å²) in [5, 5.41) is 10.2. The van der Waals surface area contributed by atoms with Crippen LogP contribution in [0.2, 0.25) is 0 Å². The van der Waals surface area contributed by atoms with Crippen LogP contribution in [-0.4, -0.2) is 31.1 Å². The smallest absolute Gasteiger partial charge is 0.175 e. The Bertz CT molecular complexity index is 473. The highest BCUT2D eigenvalue weighted by Gasteiger charge is 2.22. The summed E-state index contributed by atoms with van der Waals surface area (Å²) in [5.74, 6) is 0.623. The van der Waals surface area contributed by atoms with Crippen molar-refractivity contribution >= 4 is 21.6 Å². The molecular formula is C13H20O3S2. The summed E-state index contributed by atoms with van der Waals surface area (Å²) in [6.45, 7) is 3.94. The van der Waals surface area contributed by atoms with Gasteiger partial charge in [-0.3, -0.25) is 0 Å². The minimum atomic E-state index is -3.13. The maximum absolute atomic E-state index is 11.3. The number of aliphatic hydroxyl groups is 1. The lowest BCUT2D eigenvalue weighted by Crippen LogP contribution is -2.29. The Morgan fingerprint density at radius 2 is 1.67 bits per heavy atom. The SMILES string of the molecule is CCC(O)(CC)CSc1ccc(S(C)(=O)=O)cc1. The average molecular weight is 288 g/mol. The van der Waals surface area contributed by atoms with E-state index in [4.69, 9.17) is 0 Å². The molecule has 1 aromatic carbocycles. The molecule has 0 atom stereocenters. The lowest BCUT2D eigenvalue weighted by atomic mass is 10.0. The lowest BCUT2D eigenvalue weighted by Gasteiger charge is -2.24. The Balaban J connectivity index is 2.71. The molecule has 1 rings (SSSR count). The Morgan fingerprint density at radius 1 is 1.17 bits per heavy atom. The predicted molar refractivity (Wildman–Crippen MR) is 75.8 cm³/mol. The van der Waals surface area contributed by atoms with E-state index in [1.165, 1.54) is 6.26 Å². The standard InChI is InChI=1S/C13H20O3S2/c1-4-13(14,5-2)10-17-11-6-8-12(9-7-11)18(3,15)16/h6-9,14H,4-5,10H2,1-3H3. The third-order valence-corrected chi connectivity index (χ3v) is 5.49. The van der Waals surface area contributed by atoms with E-state index in [1.807, 2.05) is 13.8 Å². The van der Waals surface area contributed by atoms with Crippen LogP contribution in [0.15, 0.2) is 34.1 Å². The quantitative estimate of drug-likeness (QED) is 0.818. The van der Waals surface area contributed by atoms with Crippen LogP contribution in [0.5, 0.6) is 0 Å². The van der Waals surface area contributed by atoms with Crippen molar-refractivity contribution in [2.24, 2.45) is 0 Å². The molecular weight excluding hydrogens is 268 g/mol. The van der Waals surface area contributed by atoms with Crippen molar-refractivity contribution in [3.8, 4) is 0 Å². The Labute approximate surface area is 114 Å². The van der Waals surface area contributed by atoms with Gasteiger partial charge in [-0.15, -0.1) is 11.8 Å². The van der Waals surface area contributed by atoms with E-state index in [2.05, 4.69) is 0 Å². The van der Waals surface area contributed by atoms with Gasteiger partial charge in [-0.2, -0.15) is 0 Å². The van der Waals surface area contributed by atoms with Crippen molar-refractivity contribution in [1.29, 1.82) is 0 Å². The zero-order valence-electron chi connectivity index (χ0n) is 11.0. The van der Waals surface area contributed by atoms with Gasteiger partial charge in [0.25, 0.3) is 0 Å². The molecule has 0 saturated heterocycles. The van der Waals surface area contributed by atoms with E-state index < -0.39 is 15.4 Å². The topological polar surface area (TPSA) is 54.4 Å². The van der Waals surface area contributed by atoms with Crippen LogP contribution in [0.3, 0.4) is 0 Å². The molecule has 0 aromatic heterocycles. The van der Waals surface area contributed by atoms with E-state index in [0.29, 0.717) is 10.6 Å². The number of sulfone groups is 1. The lowest BCUT2D eigenvalue weighted by molar-refractivity contribution is 0.0572. The Hall–Kier alpha value is -0.520. The molecule has 5 heteroatoms. The molecule has 0 radical (unpaired) electrons. The molecule has 0 aliphatic rings. The maximum atomic E-state index is 11.3. The van der Waals surface area contributed by atoms with Gasteiger partial charge >= 0.3 is 0 Å². The molecule has 1 aromatic rings. The second-order valence-corrected chi connectivity index (χ2v) is 7.53. The van der Waals surface area contributed by atoms with Gasteiger partial charge in [-0.25, -0.2) is 8.42 Å². The first-order valence-electron chi connectivity index (χ1n) is 5.96. The summed E-state index contributed by atoms with van der Waals surface area (Å²) >= 11 is 1.55. The minimum Gasteiger partial charge on any atom is -0.389 e. The molecule has 102 valence electrons. The summed E-state index contributed by atoms with van der Waals surface area (Å²) in [7, 11) is -3.13. The summed E-state index contributed by atoms with van der Waals surface area (Å²) < 4.78 is 22.6. The largest absolute Gasteiger partial charge is 0.389 e. The van der Waals surface area contributed by atoms with Crippen LogP contribution < -0.4 is 0 Å². The zero-order chi connectivity index (χ0) is 13.8. The molecule has 18 heavy (non-hydrogen) atoms. The van der Waals surface area contributed by atoms with Crippen LogP contribution in [0.25, 0.3) is 0 Å². The van der Waals surface area contributed by atoms with Crippen molar-refractivity contribution in [2.45, 2.75) is 42.1 Å². The maximum Gasteiger partial charge on any atom is 0.175 e. The van der Waals surface area contributed by atoms with Crippen molar-refractivity contribution < 1.29 is 13.5 Å². The summed E-state index contributed by atoms with van der Waals surface area (Å²) in [5.41, 5.74) is -0.639. The second kappa shape index (κ2) is 6.08.